The van der Waals surface area contributed by atoms with Crippen molar-refractivity contribution < 1.29 is 9.18 Å². The van der Waals surface area contributed by atoms with Gasteiger partial charge in [-0.05, 0) is 18.1 Å². The van der Waals surface area contributed by atoms with Crippen LogP contribution in [0.4, 0.5) is 4.39 Å². The number of aromatic nitrogens is 6. The highest BCUT2D eigenvalue weighted by Crippen LogP contribution is 2.28. The quantitative estimate of drug-likeness (QED) is 0.480. The van der Waals surface area contributed by atoms with Gasteiger partial charge in [-0.2, -0.15) is 10.2 Å². The Morgan fingerprint density at radius 1 is 0.970 bits per heavy atom. The molecule has 1 aliphatic heterocycles. The Morgan fingerprint density at radius 3 is 2.39 bits per heavy atom. The van der Waals surface area contributed by atoms with Gasteiger partial charge in [0, 0.05) is 67.6 Å². The number of alkyl halides is 1. The monoisotopic (exact) mass is 445 g/mol. The SMILES string of the molecule is CC(=O)N1CC[C@@H](n2cc(-c3cnc(-c4cccc(-c5cnn(C)c5)c4)nc3)cn2)[C@@H](F)C1. The fourth-order valence-corrected chi connectivity index (χ4v) is 4.18. The Bertz CT molecular complexity index is 1280. The maximum Gasteiger partial charge on any atom is 0.219 e. The Labute approximate surface area is 190 Å². The summed E-state index contributed by atoms with van der Waals surface area (Å²) in [6.07, 6.45) is 10.2. The minimum absolute atomic E-state index is 0.0968. The lowest BCUT2D eigenvalue weighted by atomic mass is 10.0. The normalized spacial score (nSPS) is 18.5. The van der Waals surface area contributed by atoms with E-state index in [0.29, 0.717) is 18.8 Å². The van der Waals surface area contributed by atoms with Crippen molar-refractivity contribution in [2.24, 2.45) is 7.05 Å². The summed E-state index contributed by atoms with van der Waals surface area (Å²) in [4.78, 5) is 22.1. The lowest BCUT2D eigenvalue weighted by Crippen LogP contribution is -2.44. The van der Waals surface area contributed by atoms with E-state index in [1.807, 2.05) is 49.9 Å². The Kier molecular flexibility index (Phi) is 5.45. The highest BCUT2D eigenvalue weighted by atomic mass is 19.1. The topological polar surface area (TPSA) is 81.7 Å². The molecule has 0 N–H and O–H groups in total. The van der Waals surface area contributed by atoms with Gasteiger partial charge in [-0.25, -0.2) is 14.4 Å². The van der Waals surface area contributed by atoms with Gasteiger partial charge in [0.15, 0.2) is 5.82 Å². The maximum atomic E-state index is 14.7. The number of halogens is 1. The first-order valence-electron chi connectivity index (χ1n) is 10.8. The summed E-state index contributed by atoms with van der Waals surface area (Å²) in [7, 11) is 1.89. The molecule has 4 heterocycles. The van der Waals surface area contributed by atoms with E-state index in [1.165, 1.54) is 6.92 Å². The van der Waals surface area contributed by atoms with E-state index in [4.69, 9.17) is 0 Å². The van der Waals surface area contributed by atoms with Gasteiger partial charge in [0.05, 0.1) is 25.0 Å². The van der Waals surface area contributed by atoms with Crippen molar-refractivity contribution in [3.05, 3.63) is 61.4 Å². The van der Waals surface area contributed by atoms with Crippen LogP contribution in [0.25, 0.3) is 33.6 Å². The predicted molar refractivity (Wildman–Crippen MR) is 122 cm³/mol. The predicted octanol–water partition coefficient (Wildman–Crippen LogP) is 3.54. The Hall–Kier alpha value is -3.88. The van der Waals surface area contributed by atoms with Gasteiger partial charge in [-0.15, -0.1) is 0 Å². The van der Waals surface area contributed by atoms with E-state index >= 15 is 0 Å². The molecular weight excluding hydrogens is 421 g/mol. The molecule has 1 amide bonds. The number of nitrogens with zero attached hydrogens (tertiary/aromatic N) is 7. The van der Waals surface area contributed by atoms with Crippen molar-refractivity contribution in [1.82, 2.24) is 34.4 Å². The number of aryl methyl sites for hydroxylation is 1. The van der Waals surface area contributed by atoms with Crippen molar-refractivity contribution in [1.29, 1.82) is 0 Å². The number of hydrogen-bond acceptors (Lipinski definition) is 5. The third-order valence-electron chi connectivity index (χ3n) is 6.04. The summed E-state index contributed by atoms with van der Waals surface area (Å²) in [6, 6.07) is 7.64. The third kappa shape index (κ3) is 4.26. The molecule has 0 bridgehead atoms. The lowest BCUT2D eigenvalue weighted by molar-refractivity contribution is -0.131. The zero-order valence-electron chi connectivity index (χ0n) is 18.5. The summed E-state index contributed by atoms with van der Waals surface area (Å²) in [5, 5.41) is 8.60. The molecule has 0 saturated carbocycles. The maximum absolute atomic E-state index is 14.7. The Morgan fingerprint density at radius 2 is 1.70 bits per heavy atom. The number of carbonyl (C=O) groups excluding carboxylic acids is 1. The molecule has 168 valence electrons. The van der Waals surface area contributed by atoms with E-state index in [2.05, 4.69) is 20.2 Å². The van der Waals surface area contributed by atoms with Crippen LogP contribution in [0.15, 0.2) is 61.4 Å². The average Bonchev–Trinajstić information content (AvgIpc) is 3.49. The van der Waals surface area contributed by atoms with Gasteiger partial charge in [0.1, 0.15) is 6.17 Å². The van der Waals surface area contributed by atoms with Crippen molar-refractivity contribution >= 4 is 5.91 Å². The minimum Gasteiger partial charge on any atom is -0.340 e. The molecule has 0 spiro atoms. The number of benzene rings is 1. The number of hydrogen-bond donors (Lipinski definition) is 0. The molecule has 33 heavy (non-hydrogen) atoms. The molecule has 0 radical (unpaired) electrons. The molecule has 8 nitrogen and oxygen atoms in total. The van der Waals surface area contributed by atoms with Crippen LogP contribution >= 0.6 is 0 Å². The second-order valence-electron chi connectivity index (χ2n) is 8.32. The van der Waals surface area contributed by atoms with Crippen molar-refractivity contribution in [2.45, 2.75) is 25.6 Å². The second kappa shape index (κ2) is 8.57. The molecule has 5 rings (SSSR count). The van der Waals surface area contributed by atoms with Crippen LogP contribution in [0.2, 0.25) is 0 Å². The van der Waals surface area contributed by atoms with Gasteiger partial charge < -0.3 is 4.90 Å². The minimum atomic E-state index is -1.15. The van der Waals surface area contributed by atoms with E-state index < -0.39 is 6.17 Å². The first kappa shape index (κ1) is 21.0. The van der Waals surface area contributed by atoms with Gasteiger partial charge >= 0.3 is 0 Å². The molecule has 4 aromatic rings. The number of amides is 1. The summed E-state index contributed by atoms with van der Waals surface area (Å²) in [5.74, 6) is 0.526. The van der Waals surface area contributed by atoms with Gasteiger partial charge in [-0.1, -0.05) is 18.2 Å². The number of carbonyl (C=O) groups is 1. The summed E-state index contributed by atoms with van der Waals surface area (Å²) in [6.45, 7) is 2.11. The molecular formula is C24H24FN7O. The molecule has 2 atom stereocenters. The Balaban J connectivity index is 1.33. The number of likely N-dealkylation sites (tertiary alicyclic amines) is 1. The highest BCUT2D eigenvalue weighted by Gasteiger charge is 2.32. The first-order valence-corrected chi connectivity index (χ1v) is 10.8. The molecule has 1 fully saturated rings. The molecule has 3 aromatic heterocycles. The lowest BCUT2D eigenvalue weighted by Gasteiger charge is -2.34. The van der Waals surface area contributed by atoms with Crippen LogP contribution in [0.1, 0.15) is 19.4 Å². The van der Waals surface area contributed by atoms with Crippen LogP contribution in [0.3, 0.4) is 0 Å². The fourth-order valence-electron chi connectivity index (χ4n) is 4.18. The zero-order chi connectivity index (χ0) is 22.9. The smallest absolute Gasteiger partial charge is 0.219 e. The number of piperidine rings is 1. The largest absolute Gasteiger partial charge is 0.340 e. The summed E-state index contributed by atoms with van der Waals surface area (Å²) >= 11 is 0. The summed E-state index contributed by atoms with van der Waals surface area (Å²) < 4.78 is 18.1. The van der Waals surface area contributed by atoms with Crippen LogP contribution in [-0.4, -0.2) is 59.6 Å². The van der Waals surface area contributed by atoms with E-state index in [9.17, 15) is 9.18 Å². The van der Waals surface area contributed by atoms with Gasteiger partial charge in [-0.3, -0.25) is 14.2 Å². The van der Waals surface area contributed by atoms with Crippen LogP contribution < -0.4 is 0 Å². The van der Waals surface area contributed by atoms with Crippen LogP contribution in [-0.2, 0) is 11.8 Å². The van der Waals surface area contributed by atoms with Crippen molar-refractivity contribution in [3.8, 4) is 33.6 Å². The molecule has 1 aliphatic rings. The van der Waals surface area contributed by atoms with E-state index in [0.717, 1.165) is 27.8 Å². The molecule has 0 aliphatic carbocycles. The van der Waals surface area contributed by atoms with E-state index in [-0.39, 0.29) is 18.5 Å². The summed E-state index contributed by atoms with van der Waals surface area (Å²) in [5.41, 5.74) is 4.63. The van der Waals surface area contributed by atoms with Crippen LogP contribution in [0.5, 0.6) is 0 Å². The molecule has 9 heteroatoms. The van der Waals surface area contributed by atoms with Gasteiger partial charge in [0.2, 0.25) is 5.91 Å². The number of rotatable bonds is 4. The standard InChI is InChI=1S/C24H24FN7O/c1-16(33)31-7-6-23(22(25)15-31)32-14-21(12-29-32)19-9-26-24(27-10-19)18-5-3-4-17(8-18)20-11-28-30(2)13-20/h3-5,8-14,22-23H,6-7,15H2,1-2H3/t22-,23+/m0/s1. The van der Waals surface area contributed by atoms with Crippen LogP contribution in [0, 0.1) is 0 Å². The van der Waals surface area contributed by atoms with Crippen molar-refractivity contribution in [3.63, 3.8) is 0 Å². The molecule has 1 saturated heterocycles. The highest BCUT2D eigenvalue weighted by molar-refractivity contribution is 5.73. The van der Waals surface area contributed by atoms with Crippen molar-refractivity contribution in [2.75, 3.05) is 13.1 Å². The second-order valence-corrected chi connectivity index (χ2v) is 8.32. The molecule has 1 aromatic carbocycles. The molecule has 0 unspecified atom stereocenters. The first-order chi connectivity index (χ1) is 16.0. The van der Waals surface area contributed by atoms with Gasteiger partial charge in [0.25, 0.3) is 0 Å². The fraction of sp³-hybridized carbons (Fsp3) is 0.292. The van der Waals surface area contributed by atoms with E-state index in [1.54, 1.807) is 32.9 Å². The average molecular weight is 446 g/mol. The third-order valence-corrected chi connectivity index (χ3v) is 6.04. The zero-order valence-corrected chi connectivity index (χ0v) is 18.5.